The van der Waals surface area contributed by atoms with Crippen LogP contribution in [-0.4, -0.2) is 41.7 Å². The molecule has 2 fully saturated rings. The molecule has 29 heavy (non-hydrogen) atoms. The predicted molar refractivity (Wildman–Crippen MR) is 116 cm³/mol. The smallest absolute Gasteiger partial charge is 0.350 e. The van der Waals surface area contributed by atoms with Gasteiger partial charge in [-0.25, -0.2) is 4.79 Å². The Morgan fingerprint density at radius 1 is 1.17 bits per heavy atom. The van der Waals surface area contributed by atoms with Crippen molar-refractivity contribution in [2.45, 2.75) is 84.1 Å². The zero-order valence-electron chi connectivity index (χ0n) is 17.9. The van der Waals surface area contributed by atoms with Crippen molar-refractivity contribution in [1.29, 1.82) is 0 Å². The van der Waals surface area contributed by atoms with Gasteiger partial charge in [0.2, 0.25) is 0 Å². The zero-order valence-corrected chi connectivity index (χ0v) is 18.7. The quantitative estimate of drug-likeness (QED) is 0.569. The van der Waals surface area contributed by atoms with Gasteiger partial charge in [-0.3, -0.25) is 0 Å². The molecule has 2 heterocycles. The van der Waals surface area contributed by atoms with Crippen LogP contribution in [0.15, 0.2) is 6.07 Å². The number of anilines is 1. The number of rotatable bonds is 3. The van der Waals surface area contributed by atoms with Crippen molar-refractivity contribution in [3.05, 3.63) is 15.8 Å². The van der Waals surface area contributed by atoms with Gasteiger partial charge in [0, 0.05) is 11.5 Å². The summed E-state index contributed by atoms with van der Waals surface area (Å²) in [6.07, 6.45) is 5.42. The fraction of sp³-hybridized carbons (Fsp3) is 0.696. The van der Waals surface area contributed by atoms with E-state index >= 15 is 0 Å². The fourth-order valence-corrected chi connectivity index (χ4v) is 5.37. The minimum absolute atomic E-state index is 0.107. The molecule has 1 aromatic heterocycles. The van der Waals surface area contributed by atoms with Gasteiger partial charge in [0.15, 0.2) is 6.23 Å². The minimum Gasteiger partial charge on any atom is -0.465 e. The van der Waals surface area contributed by atoms with Crippen molar-refractivity contribution in [3.8, 4) is 11.8 Å². The molecule has 5 nitrogen and oxygen atoms in total. The van der Waals surface area contributed by atoms with Crippen LogP contribution in [0.4, 0.5) is 5.69 Å². The fourth-order valence-electron chi connectivity index (χ4n) is 4.44. The number of methoxy groups -OCH3 is 1. The summed E-state index contributed by atoms with van der Waals surface area (Å²) in [7, 11) is 1.37. The third-order valence-electron chi connectivity index (χ3n) is 5.86. The van der Waals surface area contributed by atoms with Crippen LogP contribution in [-0.2, 0) is 4.74 Å². The van der Waals surface area contributed by atoms with Gasteiger partial charge in [-0.05, 0) is 58.4 Å². The average Bonchev–Trinajstić information content (AvgIpc) is 3.12. The summed E-state index contributed by atoms with van der Waals surface area (Å²) in [6.45, 7) is 6.12. The van der Waals surface area contributed by atoms with E-state index in [2.05, 4.69) is 11.8 Å². The molecule has 3 unspecified atom stereocenters. The van der Waals surface area contributed by atoms with Crippen LogP contribution in [0, 0.1) is 23.2 Å². The Kier molecular flexibility index (Phi) is 6.93. The lowest BCUT2D eigenvalue weighted by Crippen LogP contribution is -2.56. The van der Waals surface area contributed by atoms with E-state index in [-0.39, 0.29) is 11.5 Å². The molecule has 2 N–H and O–H groups in total. The second-order valence-corrected chi connectivity index (χ2v) is 10.3. The second-order valence-electron chi connectivity index (χ2n) is 9.25. The molecule has 3 atom stereocenters. The van der Waals surface area contributed by atoms with Gasteiger partial charge in [0.1, 0.15) is 4.88 Å². The predicted octanol–water partition coefficient (Wildman–Crippen LogP) is 4.16. The van der Waals surface area contributed by atoms with Crippen LogP contribution < -0.4 is 4.90 Å². The van der Waals surface area contributed by atoms with Crippen molar-refractivity contribution in [3.63, 3.8) is 0 Å². The molecule has 0 aromatic carbocycles. The minimum atomic E-state index is -1.03. The van der Waals surface area contributed by atoms with Gasteiger partial charge in [-0.1, -0.05) is 31.1 Å². The van der Waals surface area contributed by atoms with E-state index in [9.17, 15) is 15.0 Å². The summed E-state index contributed by atoms with van der Waals surface area (Å²) in [5.41, 5.74) is 0.489. The highest BCUT2D eigenvalue weighted by molar-refractivity contribution is 7.15. The van der Waals surface area contributed by atoms with Crippen LogP contribution in [0.2, 0.25) is 0 Å². The summed E-state index contributed by atoms with van der Waals surface area (Å²) < 4.78 is 5.02. The molecule has 1 saturated heterocycles. The summed E-state index contributed by atoms with van der Waals surface area (Å²) in [5, 5.41) is 21.3. The van der Waals surface area contributed by atoms with Crippen molar-refractivity contribution >= 4 is 23.0 Å². The normalized spacial score (nSPS) is 26.0. The highest BCUT2D eigenvalue weighted by Crippen LogP contribution is 2.41. The van der Waals surface area contributed by atoms with Gasteiger partial charge >= 0.3 is 5.97 Å². The molecule has 0 bridgehead atoms. The third kappa shape index (κ3) is 5.14. The van der Waals surface area contributed by atoms with Crippen molar-refractivity contribution < 1.29 is 19.7 Å². The number of nitrogens with zero attached hydrogens (tertiary/aromatic N) is 1. The van der Waals surface area contributed by atoms with Crippen LogP contribution in [0.1, 0.15) is 80.3 Å². The Morgan fingerprint density at radius 2 is 1.86 bits per heavy atom. The number of hydrogen-bond donors (Lipinski definition) is 2. The van der Waals surface area contributed by atoms with E-state index in [0.29, 0.717) is 22.9 Å². The maximum Gasteiger partial charge on any atom is 0.350 e. The number of aliphatic hydroxyl groups is 2. The number of thiophene rings is 1. The summed E-state index contributed by atoms with van der Waals surface area (Å²) in [6, 6.07) is 1.99. The van der Waals surface area contributed by atoms with Crippen LogP contribution >= 0.6 is 11.3 Å². The average molecular weight is 420 g/mol. The molecule has 0 spiro atoms. The maximum atomic E-state index is 12.5. The molecule has 6 heteroatoms. The Hall–Kier alpha value is -1.55. The molecule has 0 radical (unpaired) electrons. The molecule has 1 saturated carbocycles. The SMILES string of the molecule is COC(=O)c1sc(C#CC(C)(C)C)cc1N1C(O)C(O)CCC1C1CCCCC1. The molecule has 1 aliphatic heterocycles. The Morgan fingerprint density at radius 3 is 2.48 bits per heavy atom. The number of piperidine rings is 1. The Labute approximate surface area is 178 Å². The molecule has 3 rings (SSSR count). The molecule has 1 aromatic rings. The highest BCUT2D eigenvalue weighted by atomic mass is 32.1. The van der Waals surface area contributed by atoms with Crippen LogP contribution in [0.25, 0.3) is 0 Å². The first-order valence-electron chi connectivity index (χ1n) is 10.6. The number of carbonyl (C=O) groups excluding carboxylic acids is 1. The number of ether oxygens (including phenoxy) is 1. The van der Waals surface area contributed by atoms with Crippen molar-refractivity contribution in [2.24, 2.45) is 11.3 Å². The molecular formula is C23H33NO4S. The van der Waals surface area contributed by atoms with Crippen molar-refractivity contribution in [2.75, 3.05) is 12.0 Å². The summed E-state index contributed by atoms with van der Waals surface area (Å²) >= 11 is 1.30. The van der Waals surface area contributed by atoms with Gasteiger partial charge in [-0.15, -0.1) is 11.3 Å². The number of carbonyl (C=O) groups is 1. The van der Waals surface area contributed by atoms with E-state index in [4.69, 9.17) is 4.74 Å². The Balaban J connectivity index is 2.03. The monoisotopic (exact) mass is 419 g/mol. The van der Waals surface area contributed by atoms with Gasteiger partial charge in [0.25, 0.3) is 0 Å². The largest absolute Gasteiger partial charge is 0.465 e. The van der Waals surface area contributed by atoms with Gasteiger partial charge < -0.3 is 19.8 Å². The van der Waals surface area contributed by atoms with E-state index in [1.54, 1.807) is 0 Å². The maximum absolute atomic E-state index is 12.5. The third-order valence-corrected chi connectivity index (χ3v) is 6.88. The van der Waals surface area contributed by atoms with Crippen LogP contribution in [0.5, 0.6) is 0 Å². The first-order valence-corrected chi connectivity index (χ1v) is 11.4. The zero-order chi connectivity index (χ0) is 21.2. The van der Waals surface area contributed by atoms with E-state index in [0.717, 1.165) is 24.1 Å². The molecule has 1 aliphatic carbocycles. The van der Waals surface area contributed by atoms with E-state index < -0.39 is 18.3 Å². The number of hydrogen-bond acceptors (Lipinski definition) is 6. The standard InChI is InChI=1S/C23H33NO4S/c1-23(2,3)13-12-16-14-18(20(29-16)22(27)28-4)24-17(10-11-19(25)21(24)26)15-8-6-5-7-9-15/h14-15,17,19,21,25-26H,5-11H2,1-4H3. The highest BCUT2D eigenvalue weighted by Gasteiger charge is 2.41. The lowest BCUT2D eigenvalue weighted by Gasteiger charge is -2.47. The molecule has 2 aliphatic rings. The van der Waals surface area contributed by atoms with Crippen molar-refractivity contribution in [1.82, 2.24) is 0 Å². The van der Waals surface area contributed by atoms with E-state index in [1.807, 2.05) is 31.7 Å². The first-order chi connectivity index (χ1) is 13.7. The lowest BCUT2D eigenvalue weighted by atomic mass is 9.79. The lowest BCUT2D eigenvalue weighted by molar-refractivity contribution is -0.0204. The number of esters is 1. The first kappa shape index (κ1) is 22.1. The summed E-state index contributed by atoms with van der Waals surface area (Å²) in [5.74, 6) is 6.42. The second kappa shape index (κ2) is 9.07. The summed E-state index contributed by atoms with van der Waals surface area (Å²) in [4.78, 5) is 15.6. The van der Waals surface area contributed by atoms with Gasteiger partial charge in [-0.2, -0.15) is 0 Å². The molecular weight excluding hydrogens is 386 g/mol. The van der Waals surface area contributed by atoms with E-state index in [1.165, 1.54) is 37.7 Å². The Bertz CT molecular complexity index is 779. The molecule has 160 valence electrons. The molecule has 0 amide bonds. The van der Waals surface area contributed by atoms with Gasteiger partial charge in [0.05, 0.1) is 23.8 Å². The topological polar surface area (TPSA) is 70.0 Å². The number of aliphatic hydroxyl groups excluding tert-OH is 2. The van der Waals surface area contributed by atoms with Crippen LogP contribution in [0.3, 0.4) is 0 Å².